The summed E-state index contributed by atoms with van der Waals surface area (Å²) in [6.07, 6.45) is 8.16. The summed E-state index contributed by atoms with van der Waals surface area (Å²) in [5.41, 5.74) is 7.51. The fourth-order valence-electron chi connectivity index (χ4n) is 8.05. The second kappa shape index (κ2) is 10.6. The van der Waals surface area contributed by atoms with Gasteiger partial charge in [0.05, 0.1) is 11.4 Å². The third-order valence-corrected chi connectivity index (χ3v) is 10.1. The van der Waals surface area contributed by atoms with E-state index in [4.69, 9.17) is 5.73 Å². The van der Waals surface area contributed by atoms with E-state index < -0.39 is 11.6 Å². The van der Waals surface area contributed by atoms with Gasteiger partial charge in [-0.15, -0.1) is 0 Å². The smallest absolute Gasteiger partial charge is 0.407 e. The lowest BCUT2D eigenvalue weighted by molar-refractivity contribution is -0.133. The summed E-state index contributed by atoms with van der Waals surface area (Å²) in [7, 11) is 0. The molecule has 1 saturated carbocycles. The Morgan fingerprint density at radius 1 is 0.872 bits per heavy atom. The van der Waals surface area contributed by atoms with E-state index in [0.29, 0.717) is 31.5 Å². The van der Waals surface area contributed by atoms with Gasteiger partial charge >= 0.3 is 6.09 Å². The molecule has 2 atom stereocenters. The number of primary amides is 1. The highest BCUT2D eigenvalue weighted by molar-refractivity contribution is 6.03. The van der Waals surface area contributed by atoms with Crippen LogP contribution in [0.4, 0.5) is 16.2 Å². The summed E-state index contributed by atoms with van der Waals surface area (Å²) in [5.74, 6) is 0.528. The number of rotatable bonds is 4. The lowest BCUT2D eigenvalue weighted by Gasteiger charge is -2.49. The van der Waals surface area contributed by atoms with E-state index in [9.17, 15) is 19.5 Å². The van der Waals surface area contributed by atoms with Crippen LogP contribution < -0.4 is 15.6 Å². The first-order chi connectivity index (χ1) is 18.9. The van der Waals surface area contributed by atoms with Crippen molar-refractivity contribution >= 4 is 29.3 Å². The Bertz CT molecular complexity index is 1080. The number of piperidine rings is 1. The van der Waals surface area contributed by atoms with Crippen LogP contribution in [0.15, 0.2) is 24.3 Å². The number of benzene rings is 1. The second-order valence-electron chi connectivity index (χ2n) is 12.3. The van der Waals surface area contributed by atoms with Crippen molar-refractivity contribution in [2.75, 3.05) is 55.7 Å². The molecule has 3 amide bonds. The first-order valence-corrected chi connectivity index (χ1v) is 14.8. The predicted octanol–water partition coefficient (Wildman–Crippen LogP) is 2.73. The first kappa shape index (κ1) is 26.4. The molecule has 4 heterocycles. The molecule has 0 spiro atoms. The van der Waals surface area contributed by atoms with Gasteiger partial charge in [-0.2, -0.15) is 0 Å². The van der Waals surface area contributed by atoms with E-state index in [2.05, 4.69) is 27.1 Å². The zero-order valence-electron chi connectivity index (χ0n) is 22.8. The third kappa shape index (κ3) is 4.75. The van der Waals surface area contributed by atoms with Crippen LogP contribution in [-0.2, 0) is 9.59 Å². The molecule has 1 aromatic rings. The van der Waals surface area contributed by atoms with Crippen LogP contribution in [0.25, 0.3) is 0 Å². The average Bonchev–Trinajstić information content (AvgIpc) is 3.49. The van der Waals surface area contributed by atoms with Crippen molar-refractivity contribution in [2.24, 2.45) is 17.6 Å². The van der Waals surface area contributed by atoms with Crippen LogP contribution in [0.3, 0.4) is 0 Å². The van der Waals surface area contributed by atoms with Crippen molar-refractivity contribution in [3.8, 4) is 0 Å². The Kier molecular flexibility index (Phi) is 7.18. The van der Waals surface area contributed by atoms with Crippen molar-refractivity contribution in [3.63, 3.8) is 0 Å². The Labute approximate surface area is 230 Å². The minimum Gasteiger partial charge on any atom is -0.465 e. The Morgan fingerprint density at radius 2 is 1.46 bits per heavy atom. The molecule has 4 aliphatic heterocycles. The van der Waals surface area contributed by atoms with Crippen LogP contribution in [-0.4, -0.2) is 95.2 Å². The number of nitrogens with zero attached hydrogens (tertiary/aromatic N) is 5. The SMILES string of the molecule is NC(=O)C1(N2CCC(N3C(=O)CN(N4CC5CN(C(=O)O)CC5C4)c4ccccc43)CC2)CCCCCCC1. The minimum atomic E-state index is -0.840. The van der Waals surface area contributed by atoms with E-state index in [0.717, 1.165) is 88.9 Å². The zero-order valence-corrected chi connectivity index (χ0v) is 22.8. The molecule has 4 fully saturated rings. The zero-order chi connectivity index (χ0) is 27.1. The van der Waals surface area contributed by atoms with Crippen molar-refractivity contribution in [2.45, 2.75) is 69.4 Å². The highest BCUT2D eigenvalue weighted by Crippen LogP contribution is 2.41. The molecule has 3 N–H and O–H groups in total. The Morgan fingerprint density at radius 3 is 2.05 bits per heavy atom. The van der Waals surface area contributed by atoms with Gasteiger partial charge in [-0.05, 0) is 49.7 Å². The number of anilines is 2. The number of likely N-dealkylation sites (tertiary alicyclic amines) is 2. The quantitative estimate of drug-likeness (QED) is 0.606. The van der Waals surface area contributed by atoms with Crippen molar-refractivity contribution in [3.05, 3.63) is 24.3 Å². The molecule has 6 rings (SSSR count). The van der Waals surface area contributed by atoms with Gasteiger partial charge in [0.1, 0.15) is 12.1 Å². The number of carboxylic acid groups (broad SMARTS) is 1. The molecule has 5 aliphatic rings. The lowest BCUT2D eigenvalue weighted by atomic mass is 9.80. The third-order valence-electron chi connectivity index (χ3n) is 10.1. The van der Waals surface area contributed by atoms with Crippen molar-refractivity contribution in [1.82, 2.24) is 14.8 Å². The van der Waals surface area contributed by atoms with Gasteiger partial charge in [0.25, 0.3) is 0 Å². The summed E-state index contributed by atoms with van der Waals surface area (Å²) < 4.78 is 0. The summed E-state index contributed by atoms with van der Waals surface area (Å²) in [6.45, 7) is 4.52. The van der Waals surface area contributed by atoms with Gasteiger partial charge in [0.2, 0.25) is 11.8 Å². The summed E-state index contributed by atoms with van der Waals surface area (Å²) in [5, 5.41) is 13.8. The minimum absolute atomic E-state index is 0.0950. The van der Waals surface area contributed by atoms with Gasteiger partial charge in [-0.25, -0.2) is 9.80 Å². The number of carbonyl (C=O) groups excluding carboxylic acids is 2. The summed E-state index contributed by atoms with van der Waals surface area (Å²) in [4.78, 5) is 43.8. The van der Waals surface area contributed by atoms with Gasteiger partial charge in [0, 0.05) is 45.3 Å². The normalized spacial score (nSPS) is 28.6. The summed E-state index contributed by atoms with van der Waals surface area (Å²) >= 11 is 0. The van der Waals surface area contributed by atoms with Crippen LogP contribution in [0.2, 0.25) is 0 Å². The molecule has 0 bridgehead atoms. The van der Waals surface area contributed by atoms with Gasteiger partial charge in [-0.3, -0.25) is 19.5 Å². The van der Waals surface area contributed by atoms with Crippen LogP contribution in [0.5, 0.6) is 0 Å². The molecular formula is C29H42N6O4. The molecule has 0 aromatic heterocycles. The van der Waals surface area contributed by atoms with Crippen LogP contribution >= 0.6 is 0 Å². The van der Waals surface area contributed by atoms with E-state index in [1.807, 2.05) is 17.0 Å². The monoisotopic (exact) mass is 538 g/mol. The maximum absolute atomic E-state index is 13.7. The fraction of sp³-hybridized carbons (Fsp3) is 0.690. The highest BCUT2D eigenvalue weighted by Gasteiger charge is 2.47. The maximum Gasteiger partial charge on any atom is 0.407 e. The van der Waals surface area contributed by atoms with Gasteiger partial charge < -0.3 is 20.6 Å². The number of para-hydroxylation sites is 2. The van der Waals surface area contributed by atoms with Crippen molar-refractivity contribution < 1.29 is 19.5 Å². The van der Waals surface area contributed by atoms with Crippen LogP contribution in [0, 0.1) is 11.8 Å². The van der Waals surface area contributed by atoms with E-state index in [-0.39, 0.29) is 17.9 Å². The van der Waals surface area contributed by atoms with Crippen molar-refractivity contribution in [1.29, 1.82) is 0 Å². The standard InChI is InChI=1S/C29H42N6O4/c30-27(37)29(12-6-2-1-3-7-13-29)32-14-10-23(11-15-32)35-25-9-5-4-8-24(25)34(20-26(35)36)33-18-21-16-31(28(38)39)17-22(21)19-33/h4-5,8-9,21-23H,1-3,6-7,10-20H2,(H2,30,37)(H,38,39). The number of fused-ring (bicyclic) bond motifs is 2. The fourth-order valence-corrected chi connectivity index (χ4v) is 8.05. The predicted molar refractivity (Wildman–Crippen MR) is 148 cm³/mol. The van der Waals surface area contributed by atoms with Crippen LogP contribution in [0.1, 0.15) is 57.8 Å². The Balaban J connectivity index is 1.16. The molecule has 212 valence electrons. The highest BCUT2D eigenvalue weighted by atomic mass is 16.4. The molecule has 1 aliphatic carbocycles. The van der Waals surface area contributed by atoms with E-state index >= 15 is 0 Å². The number of carbonyl (C=O) groups is 3. The largest absolute Gasteiger partial charge is 0.465 e. The molecule has 39 heavy (non-hydrogen) atoms. The second-order valence-corrected chi connectivity index (χ2v) is 12.3. The number of nitrogens with two attached hydrogens (primary N) is 1. The topological polar surface area (TPSA) is 114 Å². The number of hydrogen-bond donors (Lipinski definition) is 2. The molecule has 10 heteroatoms. The maximum atomic E-state index is 13.7. The molecular weight excluding hydrogens is 496 g/mol. The Hall–Kier alpha value is -2.85. The first-order valence-electron chi connectivity index (χ1n) is 14.8. The number of hydrogen-bond acceptors (Lipinski definition) is 6. The van der Waals surface area contributed by atoms with Gasteiger partial charge in [0.15, 0.2) is 0 Å². The molecule has 3 saturated heterocycles. The van der Waals surface area contributed by atoms with E-state index in [1.165, 1.54) is 11.3 Å². The number of hydrazine groups is 1. The molecule has 2 unspecified atom stereocenters. The lowest BCUT2D eigenvalue weighted by Crippen LogP contribution is -2.62. The number of amides is 3. The molecule has 0 radical (unpaired) electrons. The summed E-state index contributed by atoms with van der Waals surface area (Å²) in [6, 6.07) is 8.26. The average molecular weight is 539 g/mol. The molecule has 1 aromatic carbocycles. The van der Waals surface area contributed by atoms with Gasteiger partial charge in [-0.1, -0.05) is 44.2 Å². The molecule has 10 nitrogen and oxygen atoms in total. The van der Waals surface area contributed by atoms with E-state index in [1.54, 1.807) is 0 Å².